The molecule has 3 heteroatoms. The van der Waals surface area contributed by atoms with Crippen LogP contribution in [0.5, 0.6) is 5.75 Å². The third-order valence-electron chi connectivity index (χ3n) is 3.86. The van der Waals surface area contributed by atoms with Crippen molar-refractivity contribution < 1.29 is 14.3 Å². The fourth-order valence-electron chi connectivity index (χ4n) is 2.58. The topological polar surface area (TPSA) is 35.5 Å². The molecule has 1 aromatic rings. The fraction of sp³-hybridized carbons (Fsp3) is 0.500. The lowest BCUT2D eigenvalue weighted by molar-refractivity contribution is -0.143. The summed E-state index contributed by atoms with van der Waals surface area (Å²) in [4.78, 5) is 12.1. The Hall–Kier alpha value is -1.77. The highest BCUT2D eigenvalue weighted by Gasteiger charge is 2.23. The SMILES string of the molecule is CCCCCC[C@@H]1CC=C(c2ccc(OC)cc2)C(=O)O1. The van der Waals surface area contributed by atoms with Crippen molar-refractivity contribution in [2.24, 2.45) is 0 Å². The number of hydrogen-bond donors (Lipinski definition) is 0. The molecule has 1 aliphatic heterocycles. The van der Waals surface area contributed by atoms with Gasteiger partial charge in [0.2, 0.25) is 0 Å². The van der Waals surface area contributed by atoms with Crippen LogP contribution in [-0.2, 0) is 9.53 Å². The van der Waals surface area contributed by atoms with Crippen LogP contribution in [0.2, 0.25) is 0 Å². The first kappa shape index (κ1) is 15.6. The first-order valence-corrected chi connectivity index (χ1v) is 7.80. The van der Waals surface area contributed by atoms with Crippen molar-refractivity contribution in [1.82, 2.24) is 0 Å². The van der Waals surface area contributed by atoms with Crippen LogP contribution in [0, 0.1) is 0 Å². The standard InChI is InChI=1S/C18H24O3/c1-3-4-5-6-7-16-12-13-17(18(19)21-16)14-8-10-15(20-2)11-9-14/h8-11,13,16H,3-7,12H2,1-2H3/t16-/m1/s1. The van der Waals surface area contributed by atoms with Crippen molar-refractivity contribution in [3.8, 4) is 5.75 Å². The van der Waals surface area contributed by atoms with Gasteiger partial charge in [0, 0.05) is 6.42 Å². The zero-order valence-corrected chi connectivity index (χ0v) is 12.9. The molecule has 0 amide bonds. The van der Waals surface area contributed by atoms with Gasteiger partial charge < -0.3 is 9.47 Å². The first-order chi connectivity index (χ1) is 10.2. The van der Waals surface area contributed by atoms with Gasteiger partial charge in [0.1, 0.15) is 11.9 Å². The second-order valence-electron chi connectivity index (χ2n) is 5.46. The van der Waals surface area contributed by atoms with Crippen molar-refractivity contribution >= 4 is 11.5 Å². The van der Waals surface area contributed by atoms with E-state index in [1.807, 2.05) is 30.3 Å². The van der Waals surface area contributed by atoms with E-state index in [2.05, 4.69) is 6.92 Å². The molecule has 0 spiro atoms. The fourth-order valence-corrected chi connectivity index (χ4v) is 2.58. The van der Waals surface area contributed by atoms with Gasteiger partial charge in [-0.2, -0.15) is 0 Å². The van der Waals surface area contributed by atoms with E-state index in [1.54, 1.807) is 7.11 Å². The molecule has 0 N–H and O–H groups in total. The highest BCUT2D eigenvalue weighted by molar-refractivity contribution is 6.17. The van der Waals surface area contributed by atoms with Crippen LogP contribution in [-0.4, -0.2) is 19.2 Å². The number of unbranched alkanes of at least 4 members (excludes halogenated alkanes) is 3. The van der Waals surface area contributed by atoms with Gasteiger partial charge in [0.25, 0.3) is 0 Å². The molecule has 1 aliphatic rings. The Morgan fingerprint density at radius 1 is 1.19 bits per heavy atom. The van der Waals surface area contributed by atoms with E-state index in [9.17, 15) is 4.79 Å². The number of esters is 1. The van der Waals surface area contributed by atoms with E-state index in [0.29, 0.717) is 5.57 Å². The van der Waals surface area contributed by atoms with Gasteiger partial charge in [0.05, 0.1) is 12.7 Å². The van der Waals surface area contributed by atoms with Gasteiger partial charge in [0.15, 0.2) is 0 Å². The molecule has 1 aromatic carbocycles. The molecule has 21 heavy (non-hydrogen) atoms. The van der Waals surface area contributed by atoms with Crippen molar-refractivity contribution in [2.75, 3.05) is 7.11 Å². The first-order valence-electron chi connectivity index (χ1n) is 7.80. The maximum atomic E-state index is 12.1. The third kappa shape index (κ3) is 4.35. The van der Waals surface area contributed by atoms with Gasteiger partial charge in [-0.05, 0) is 30.5 Å². The summed E-state index contributed by atoms with van der Waals surface area (Å²) in [6, 6.07) is 7.52. The molecule has 1 atom stereocenters. The number of rotatable bonds is 7. The minimum atomic E-state index is -0.202. The monoisotopic (exact) mass is 288 g/mol. The van der Waals surface area contributed by atoms with Crippen LogP contribution in [0.1, 0.15) is 51.0 Å². The zero-order chi connectivity index (χ0) is 15.1. The second kappa shape index (κ2) is 7.87. The molecule has 114 valence electrons. The average molecular weight is 288 g/mol. The van der Waals surface area contributed by atoms with Crippen LogP contribution in [0.15, 0.2) is 30.3 Å². The summed E-state index contributed by atoms with van der Waals surface area (Å²) in [5, 5.41) is 0. The van der Waals surface area contributed by atoms with Gasteiger partial charge in [-0.15, -0.1) is 0 Å². The van der Waals surface area contributed by atoms with E-state index in [1.165, 1.54) is 19.3 Å². The minimum Gasteiger partial charge on any atom is -0.497 e. The Balaban J connectivity index is 1.93. The average Bonchev–Trinajstić information content (AvgIpc) is 2.52. The molecule has 0 bridgehead atoms. The molecular formula is C18H24O3. The van der Waals surface area contributed by atoms with Crippen molar-refractivity contribution in [2.45, 2.75) is 51.6 Å². The normalized spacial score (nSPS) is 18.1. The predicted octanol–water partition coefficient (Wildman–Crippen LogP) is 4.36. The third-order valence-corrected chi connectivity index (χ3v) is 3.86. The van der Waals surface area contributed by atoms with Crippen LogP contribution < -0.4 is 4.74 Å². The maximum Gasteiger partial charge on any atom is 0.338 e. The molecule has 0 aromatic heterocycles. The quantitative estimate of drug-likeness (QED) is 0.552. The van der Waals surface area contributed by atoms with Crippen LogP contribution >= 0.6 is 0 Å². The lowest BCUT2D eigenvalue weighted by Crippen LogP contribution is -2.23. The molecule has 0 radical (unpaired) electrons. The number of methoxy groups -OCH3 is 1. The lowest BCUT2D eigenvalue weighted by atomic mass is 9.98. The molecule has 0 aliphatic carbocycles. The predicted molar refractivity (Wildman–Crippen MR) is 84.2 cm³/mol. The van der Waals surface area contributed by atoms with E-state index in [-0.39, 0.29) is 12.1 Å². The van der Waals surface area contributed by atoms with E-state index >= 15 is 0 Å². The summed E-state index contributed by atoms with van der Waals surface area (Å²) < 4.78 is 10.7. The largest absolute Gasteiger partial charge is 0.497 e. The molecule has 1 heterocycles. The zero-order valence-electron chi connectivity index (χ0n) is 12.9. The Bertz CT molecular complexity index is 488. The molecule has 2 rings (SSSR count). The summed E-state index contributed by atoms with van der Waals surface area (Å²) in [5.74, 6) is 0.587. The van der Waals surface area contributed by atoms with Gasteiger partial charge >= 0.3 is 5.97 Å². The highest BCUT2D eigenvalue weighted by atomic mass is 16.5. The Morgan fingerprint density at radius 3 is 2.57 bits per heavy atom. The number of carbonyl (C=O) groups is 1. The number of cyclic esters (lactones) is 1. The number of carbonyl (C=O) groups excluding carboxylic acids is 1. The summed E-state index contributed by atoms with van der Waals surface area (Å²) in [7, 11) is 1.63. The smallest absolute Gasteiger partial charge is 0.338 e. The summed E-state index contributed by atoms with van der Waals surface area (Å²) >= 11 is 0. The Kier molecular flexibility index (Phi) is 5.85. The van der Waals surface area contributed by atoms with Crippen molar-refractivity contribution in [3.63, 3.8) is 0 Å². The molecular weight excluding hydrogens is 264 g/mol. The van der Waals surface area contributed by atoms with Crippen LogP contribution in [0.25, 0.3) is 5.57 Å². The number of benzene rings is 1. The van der Waals surface area contributed by atoms with Gasteiger partial charge in [-0.3, -0.25) is 0 Å². The second-order valence-corrected chi connectivity index (χ2v) is 5.46. The van der Waals surface area contributed by atoms with Crippen molar-refractivity contribution in [3.05, 3.63) is 35.9 Å². The maximum absolute atomic E-state index is 12.1. The summed E-state index contributed by atoms with van der Waals surface area (Å²) in [6.07, 6.45) is 8.70. The highest BCUT2D eigenvalue weighted by Crippen LogP contribution is 2.26. The molecule has 0 fully saturated rings. The lowest BCUT2D eigenvalue weighted by Gasteiger charge is -2.22. The van der Waals surface area contributed by atoms with Crippen LogP contribution in [0.3, 0.4) is 0 Å². The van der Waals surface area contributed by atoms with Crippen molar-refractivity contribution in [1.29, 1.82) is 0 Å². The van der Waals surface area contributed by atoms with E-state index in [4.69, 9.17) is 9.47 Å². The molecule has 0 saturated carbocycles. The van der Waals surface area contributed by atoms with E-state index in [0.717, 1.165) is 30.6 Å². The molecule has 0 saturated heterocycles. The van der Waals surface area contributed by atoms with E-state index < -0.39 is 0 Å². The molecule has 3 nitrogen and oxygen atoms in total. The number of ether oxygens (including phenoxy) is 2. The Morgan fingerprint density at radius 2 is 1.95 bits per heavy atom. The summed E-state index contributed by atoms with van der Waals surface area (Å²) in [5.41, 5.74) is 1.56. The number of hydrogen-bond acceptors (Lipinski definition) is 3. The van der Waals surface area contributed by atoms with Gasteiger partial charge in [-0.1, -0.05) is 44.4 Å². The van der Waals surface area contributed by atoms with Crippen LogP contribution in [0.4, 0.5) is 0 Å². The minimum absolute atomic E-state index is 0.0522. The Labute approximate surface area is 127 Å². The summed E-state index contributed by atoms with van der Waals surface area (Å²) in [6.45, 7) is 2.20. The van der Waals surface area contributed by atoms with Gasteiger partial charge in [-0.25, -0.2) is 4.79 Å². The molecule has 0 unspecified atom stereocenters.